The van der Waals surface area contributed by atoms with Gasteiger partial charge >= 0.3 is 0 Å². The smallest absolute Gasteiger partial charge is 0.257 e. The maximum atomic E-state index is 13.2. The molecule has 0 aliphatic carbocycles. The summed E-state index contributed by atoms with van der Waals surface area (Å²) in [6, 6.07) is 11.7. The molecule has 0 radical (unpaired) electrons. The molecule has 2 aromatic carbocycles. The third-order valence-corrected chi connectivity index (χ3v) is 4.62. The standard InChI is InChI=1S/C19H17FN2O2S/c1-12-6-7-14(10-17(12)24-2)18(23)22-19-21-11-16(25-19)9-13-4-3-5-15(20)8-13/h3-8,10-11H,9H2,1-2H3,(H,21,22,23). The van der Waals surface area contributed by atoms with Crippen LogP contribution in [0.5, 0.6) is 5.75 Å². The van der Waals surface area contributed by atoms with Crippen molar-refractivity contribution >= 4 is 22.4 Å². The first-order valence-corrected chi connectivity index (χ1v) is 8.52. The van der Waals surface area contributed by atoms with Crippen LogP contribution in [-0.2, 0) is 6.42 Å². The van der Waals surface area contributed by atoms with Crippen LogP contribution in [0.3, 0.4) is 0 Å². The van der Waals surface area contributed by atoms with Crippen molar-refractivity contribution < 1.29 is 13.9 Å². The SMILES string of the molecule is COc1cc(C(=O)Nc2ncc(Cc3cccc(F)c3)s2)ccc1C. The number of amides is 1. The number of aryl methyl sites for hydroxylation is 1. The number of nitrogens with one attached hydrogen (secondary N) is 1. The molecule has 3 rings (SSSR count). The van der Waals surface area contributed by atoms with Crippen molar-refractivity contribution in [2.45, 2.75) is 13.3 Å². The summed E-state index contributed by atoms with van der Waals surface area (Å²) in [6.07, 6.45) is 2.27. The van der Waals surface area contributed by atoms with E-state index >= 15 is 0 Å². The maximum absolute atomic E-state index is 13.2. The van der Waals surface area contributed by atoms with Crippen LogP contribution in [0.1, 0.15) is 26.4 Å². The summed E-state index contributed by atoms with van der Waals surface area (Å²) >= 11 is 1.37. The van der Waals surface area contributed by atoms with Crippen molar-refractivity contribution in [3.05, 3.63) is 76.0 Å². The molecule has 0 bridgehead atoms. The molecule has 0 spiro atoms. The lowest BCUT2D eigenvalue weighted by atomic mass is 10.1. The zero-order chi connectivity index (χ0) is 17.8. The zero-order valence-corrected chi connectivity index (χ0v) is 14.7. The van der Waals surface area contributed by atoms with Gasteiger partial charge in [0.2, 0.25) is 0 Å². The van der Waals surface area contributed by atoms with Gasteiger partial charge in [-0.1, -0.05) is 18.2 Å². The Hall–Kier alpha value is -2.73. The molecule has 0 aliphatic heterocycles. The van der Waals surface area contributed by atoms with Crippen molar-refractivity contribution in [2.75, 3.05) is 12.4 Å². The quantitative estimate of drug-likeness (QED) is 0.735. The Morgan fingerprint density at radius 2 is 2.12 bits per heavy atom. The van der Waals surface area contributed by atoms with Gasteiger partial charge in [-0.25, -0.2) is 9.37 Å². The van der Waals surface area contributed by atoms with E-state index in [1.807, 2.05) is 19.1 Å². The van der Waals surface area contributed by atoms with Gasteiger partial charge in [0.25, 0.3) is 5.91 Å². The van der Waals surface area contributed by atoms with Crippen molar-refractivity contribution in [3.8, 4) is 5.75 Å². The van der Waals surface area contributed by atoms with E-state index in [2.05, 4.69) is 10.3 Å². The monoisotopic (exact) mass is 356 g/mol. The number of carbonyl (C=O) groups excluding carboxylic acids is 1. The highest BCUT2D eigenvalue weighted by Crippen LogP contribution is 2.23. The number of methoxy groups -OCH3 is 1. The van der Waals surface area contributed by atoms with E-state index in [1.54, 1.807) is 31.5 Å². The number of ether oxygens (including phenoxy) is 1. The zero-order valence-electron chi connectivity index (χ0n) is 13.9. The van der Waals surface area contributed by atoms with E-state index < -0.39 is 0 Å². The summed E-state index contributed by atoms with van der Waals surface area (Å²) in [4.78, 5) is 17.5. The molecule has 1 aromatic heterocycles. The molecular formula is C19H17FN2O2S. The van der Waals surface area contributed by atoms with Gasteiger partial charge in [0.05, 0.1) is 7.11 Å². The van der Waals surface area contributed by atoms with Crippen LogP contribution < -0.4 is 10.1 Å². The van der Waals surface area contributed by atoms with E-state index in [9.17, 15) is 9.18 Å². The van der Waals surface area contributed by atoms with Gasteiger partial charge in [0.1, 0.15) is 11.6 Å². The minimum absolute atomic E-state index is 0.245. The molecule has 25 heavy (non-hydrogen) atoms. The lowest BCUT2D eigenvalue weighted by molar-refractivity contribution is 0.102. The minimum Gasteiger partial charge on any atom is -0.496 e. The van der Waals surface area contributed by atoms with Crippen LogP contribution in [0.2, 0.25) is 0 Å². The van der Waals surface area contributed by atoms with E-state index in [4.69, 9.17) is 4.74 Å². The minimum atomic E-state index is -0.260. The maximum Gasteiger partial charge on any atom is 0.257 e. The first-order valence-electron chi connectivity index (χ1n) is 7.70. The number of thiazole rings is 1. The van der Waals surface area contributed by atoms with Gasteiger partial charge in [-0.2, -0.15) is 0 Å². The van der Waals surface area contributed by atoms with Gasteiger partial charge < -0.3 is 4.74 Å². The largest absolute Gasteiger partial charge is 0.496 e. The number of hydrogen-bond donors (Lipinski definition) is 1. The highest BCUT2D eigenvalue weighted by Gasteiger charge is 2.11. The Bertz CT molecular complexity index is 908. The second kappa shape index (κ2) is 7.44. The number of hydrogen-bond acceptors (Lipinski definition) is 4. The molecule has 1 amide bonds. The fourth-order valence-corrected chi connectivity index (χ4v) is 3.27. The first kappa shape index (κ1) is 17.1. The molecule has 1 N–H and O–H groups in total. The molecule has 0 aliphatic rings. The summed E-state index contributed by atoms with van der Waals surface area (Å²) in [5.41, 5.74) is 2.33. The average molecular weight is 356 g/mol. The number of benzene rings is 2. The van der Waals surface area contributed by atoms with Crippen LogP contribution >= 0.6 is 11.3 Å². The molecule has 0 unspecified atom stereocenters. The van der Waals surface area contributed by atoms with Gasteiger partial charge in [-0.3, -0.25) is 10.1 Å². The van der Waals surface area contributed by atoms with Gasteiger partial charge in [-0.15, -0.1) is 11.3 Å². The fraction of sp³-hybridized carbons (Fsp3) is 0.158. The Labute approximate surface area is 149 Å². The summed E-state index contributed by atoms with van der Waals surface area (Å²) < 4.78 is 18.5. The molecule has 3 aromatic rings. The van der Waals surface area contributed by atoms with Crippen molar-refractivity contribution in [1.82, 2.24) is 4.98 Å². The van der Waals surface area contributed by atoms with Crippen molar-refractivity contribution in [2.24, 2.45) is 0 Å². The molecule has 0 saturated heterocycles. The van der Waals surface area contributed by atoms with Crippen LogP contribution in [0.4, 0.5) is 9.52 Å². The van der Waals surface area contributed by atoms with E-state index in [-0.39, 0.29) is 11.7 Å². The van der Waals surface area contributed by atoms with E-state index in [0.29, 0.717) is 22.9 Å². The lowest BCUT2D eigenvalue weighted by Crippen LogP contribution is -2.11. The van der Waals surface area contributed by atoms with Gasteiger partial charge in [0.15, 0.2) is 5.13 Å². The fourth-order valence-electron chi connectivity index (χ4n) is 2.43. The highest BCUT2D eigenvalue weighted by atomic mass is 32.1. The number of carbonyl (C=O) groups is 1. The number of aromatic nitrogens is 1. The molecule has 4 nitrogen and oxygen atoms in total. The van der Waals surface area contributed by atoms with Crippen LogP contribution in [0.15, 0.2) is 48.7 Å². The molecule has 128 valence electrons. The number of nitrogens with zero attached hydrogens (tertiary/aromatic N) is 1. The van der Waals surface area contributed by atoms with E-state index in [0.717, 1.165) is 16.0 Å². The summed E-state index contributed by atoms with van der Waals surface area (Å²) in [6.45, 7) is 1.92. The lowest BCUT2D eigenvalue weighted by Gasteiger charge is -2.07. The summed E-state index contributed by atoms with van der Waals surface area (Å²) in [5, 5.41) is 3.30. The molecule has 6 heteroatoms. The number of rotatable bonds is 5. The van der Waals surface area contributed by atoms with Crippen molar-refractivity contribution in [1.29, 1.82) is 0 Å². The number of halogens is 1. The second-order valence-corrected chi connectivity index (χ2v) is 6.69. The van der Waals surface area contributed by atoms with Crippen LogP contribution in [-0.4, -0.2) is 18.0 Å². The summed E-state index contributed by atoms with van der Waals surface area (Å²) in [5.74, 6) is 0.160. The van der Waals surface area contributed by atoms with Crippen LogP contribution in [0, 0.1) is 12.7 Å². The molecular weight excluding hydrogens is 339 g/mol. The summed E-state index contributed by atoms with van der Waals surface area (Å²) in [7, 11) is 1.57. The topological polar surface area (TPSA) is 51.2 Å². The second-order valence-electron chi connectivity index (χ2n) is 5.58. The van der Waals surface area contributed by atoms with Crippen LogP contribution in [0.25, 0.3) is 0 Å². The van der Waals surface area contributed by atoms with Gasteiger partial charge in [0, 0.05) is 23.1 Å². The third-order valence-electron chi connectivity index (χ3n) is 3.71. The highest BCUT2D eigenvalue weighted by molar-refractivity contribution is 7.15. The van der Waals surface area contributed by atoms with E-state index in [1.165, 1.54) is 23.5 Å². The Kier molecular flexibility index (Phi) is 5.09. The normalized spacial score (nSPS) is 10.5. The molecule has 0 atom stereocenters. The molecule has 0 saturated carbocycles. The Morgan fingerprint density at radius 3 is 2.88 bits per heavy atom. The third kappa shape index (κ3) is 4.22. The average Bonchev–Trinajstić information content (AvgIpc) is 3.02. The number of anilines is 1. The Morgan fingerprint density at radius 1 is 1.28 bits per heavy atom. The predicted octanol–water partition coefficient (Wildman–Crippen LogP) is 4.44. The van der Waals surface area contributed by atoms with Crippen molar-refractivity contribution in [3.63, 3.8) is 0 Å². The van der Waals surface area contributed by atoms with Gasteiger partial charge in [-0.05, 0) is 42.3 Å². The first-order chi connectivity index (χ1) is 12.0. The predicted molar refractivity (Wildman–Crippen MR) is 97.0 cm³/mol. The Balaban J connectivity index is 1.69. The molecule has 0 fully saturated rings. The molecule has 1 heterocycles.